The van der Waals surface area contributed by atoms with Crippen LogP contribution in [0.25, 0.3) is 0 Å². The number of sulfonamides is 1. The van der Waals surface area contributed by atoms with Gasteiger partial charge < -0.3 is 18.9 Å². The molecule has 0 bridgehead atoms. The van der Waals surface area contributed by atoms with Crippen molar-refractivity contribution in [1.82, 2.24) is 14.7 Å². The van der Waals surface area contributed by atoms with Gasteiger partial charge in [0.05, 0.1) is 45.3 Å². The van der Waals surface area contributed by atoms with Crippen LogP contribution >= 0.6 is 0 Å². The number of hydrogen-bond donors (Lipinski definition) is 3. The van der Waals surface area contributed by atoms with Gasteiger partial charge in [0.25, 0.3) is 10.0 Å². The molecule has 1 aromatic heterocycles. The van der Waals surface area contributed by atoms with Crippen LogP contribution in [0.3, 0.4) is 0 Å². The van der Waals surface area contributed by atoms with E-state index in [9.17, 15) is 22.8 Å². The number of rotatable bonds is 11. The van der Waals surface area contributed by atoms with Crippen LogP contribution < -0.4 is 24.9 Å². The lowest BCUT2D eigenvalue weighted by Gasteiger charge is -2.13. The number of urea groups is 1. The van der Waals surface area contributed by atoms with Crippen molar-refractivity contribution in [3.8, 4) is 17.8 Å². The molecule has 38 heavy (non-hydrogen) atoms. The number of hydrogen-bond acceptors (Lipinski definition) is 14. The van der Waals surface area contributed by atoms with E-state index >= 15 is 0 Å². The zero-order chi connectivity index (χ0) is 28.3. The normalized spacial score (nSPS) is 11.0. The van der Waals surface area contributed by atoms with Crippen molar-refractivity contribution in [2.45, 2.75) is 18.2 Å². The number of aromatic nitrogens is 2. The molecule has 17 heteroatoms. The first-order chi connectivity index (χ1) is 18.1. The van der Waals surface area contributed by atoms with Crippen molar-refractivity contribution in [2.75, 3.05) is 38.7 Å². The molecular weight excluding hydrogens is 526 g/mol. The average molecular weight is 550 g/mol. The molecule has 3 N–H and O–H groups in total. The van der Waals surface area contributed by atoms with Gasteiger partial charge in [-0.3, -0.25) is 10.7 Å². The summed E-state index contributed by atoms with van der Waals surface area (Å²) in [6.07, 6.45) is 0.520. The van der Waals surface area contributed by atoms with Gasteiger partial charge in [0.1, 0.15) is 11.0 Å². The van der Waals surface area contributed by atoms with Crippen LogP contribution in [0, 0.1) is 11.3 Å². The number of nitrogens with zero attached hydrogens (tertiary/aromatic N) is 4. The Morgan fingerprint density at radius 1 is 1.08 bits per heavy atom. The SMILES string of the molecule is CCCOC(=O)/C(C#N)=N/Nc1ccc(C(=O)OC)c(S(=O)(=O)NC(=O)Nc2nc(OC)cc(OC)n2)c1. The fourth-order valence-electron chi connectivity index (χ4n) is 2.57. The van der Waals surface area contributed by atoms with Crippen molar-refractivity contribution in [3.05, 3.63) is 29.8 Å². The predicted molar refractivity (Wildman–Crippen MR) is 130 cm³/mol. The maximum Gasteiger partial charge on any atom is 0.369 e. The summed E-state index contributed by atoms with van der Waals surface area (Å²) in [5, 5.41) is 14.9. The van der Waals surface area contributed by atoms with E-state index in [1.54, 1.807) is 17.7 Å². The minimum Gasteiger partial charge on any atom is -0.481 e. The van der Waals surface area contributed by atoms with Crippen molar-refractivity contribution < 1.29 is 41.7 Å². The lowest BCUT2D eigenvalue weighted by atomic mass is 10.2. The van der Waals surface area contributed by atoms with E-state index in [0.717, 1.165) is 19.2 Å². The fraction of sp³-hybridized carbons (Fsp3) is 0.286. The first-order valence-electron chi connectivity index (χ1n) is 10.5. The Labute approximate surface area is 217 Å². The highest BCUT2D eigenvalue weighted by atomic mass is 32.2. The van der Waals surface area contributed by atoms with E-state index < -0.39 is 44.2 Å². The molecule has 16 nitrogen and oxygen atoms in total. The lowest BCUT2D eigenvalue weighted by molar-refractivity contribution is -0.135. The number of esters is 2. The van der Waals surface area contributed by atoms with Crippen LogP contribution in [0.4, 0.5) is 16.4 Å². The van der Waals surface area contributed by atoms with Crippen LogP contribution in [-0.2, 0) is 24.3 Å². The van der Waals surface area contributed by atoms with Crippen molar-refractivity contribution in [1.29, 1.82) is 5.26 Å². The summed E-state index contributed by atoms with van der Waals surface area (Å²) in [6.45, 7) is 1.82. The van der Waals surface area contributed by atoms with Gasteiger partial charge in [-0.1, -0.05) is 6.92 Å². The maximum atomic E-state index is 13.0. The van der Waals surface area contributed by atoms with E-state index in [2.05, 4.69) is 30.5 Å². The number of anilines is 2. The Morgan fingerprint density at radius 2 is 1.74 bits per heavy atom. The van der Waals surface area contributed by atoms with Gasteiger partial charge in [-0.25, -0.2) is 27.5 Å². The summed E-state index contributed by atoms with van der Waals surface area (Å²) >= 11 is 0. The van der Waals surface area contributed by atoms with Gasteiger partial charge in [-0.2, -0.15) is 20.3 Å². The zero-order valence-corrected chi connectivity index (χ0v) is 21.4. The second-order valence-electron chi connectivity index (χ2n) is 6.86. The third kappa shape index (κ3) is 7.76. The zero-order valence-electron chi connectivity index (χ0n) is 20.6. The molecule has 1 aromatic carbocycles. The second kappa shape index (κ2) is 13.4. The van der Waals surface area contributed by atoms with Crippen LogP contribution in [-0.4, -0.2) is 70.0 Å². The number of nitriles is 1. The summed E-state index contributed by atoms with van der Waals surface area (Å²) in [5.74, 6) is -2.31. The van der Waals surface area contributed by atoms with Crippen LogP contribution in [0.15, 0.2) is 34.3 Å². The largest absolute Gasteiger partial charge is 0.481 e. The Morgan fingerprint density at radius 3 is 2.29 bits per heavy atom. The number of amides is 2. The fourth-order valence-corrected chi connectivity index (χ4v) is 3.69. The Bertz CT molecular complexity index is 1370. The number of benzene rings is 1. The van der Waals surface area contributed by atoms with Crippen LogP contribution in [0.5, 0.6) is 11.8 Å². The van der Waals surface area contributed by atoms with Gasteiger partial charge in [0.15, 0.2) is 0 Å². The maximum absolute atomic E-state index is 13.0. The molecular formula is C21H23N7O9S. The number of nitrogens with one attached hydrogen (secondary N) is 3. The molecule has 0 fully saturated rings. The quantitative estimate of drug-likeness (QED) is 0.203. The van der Waals surface area contributed by atoms with E-state index in [4.69, 9.17) is 19.5 Å². The highest BCUT2D eigenvalue weighted by Gasteiger charge is 2.26. The monoisotopic (exact) mass is 549 g/mol. The van der Waals surface area contributed by atoms with E-state index in [0.29, 0.717) is 6.42 Å². The summed E-state index contributed by atoms with van der Waals surface area (Å²) in [6, 6.07) is 4.84. The van der Waals surface area contributed by atoms with Crippen molar-refractivity contribution in [3.63, 3.8) is 0 Å². The topological polar surface area (TPSA) is 220 Å². The first kappa shape index (κ1) is 29.3. The van der Waals surface area contributed by atoms with Crippen molar-refractivity contribution >= 4 is 45.3 Å². The lowest BCUT2D eigenvalue weighted by Crippen LogP contribution is -2.35. The van der Waals surface area contributed by atoms with E-state index in [-0.39, 0.29) is 30.0 Å². The van der Waals surface area contributed by atoms with Gasteiger partial charge in [0.2, 0.25) is 23.4 Å². The average Bonchev–Trinajstić information content (AvgIpc) is 2.90. The van der Waals surface area contributed by atoms with E-state index in [1.807, 2.05) is 0 Å². The number of carbonyl (C=O) groups is 3. The molecule has 0 aliphatic carbocycles. The highest BCUT2D eigenvalue weighted by molar-refractivity contribution is 7.90. The van der Waals surface area contributed by atoms with Gasteiger partial charge in [-0.15, -0.1) is 0 Å². The number of ether oxygens (including phenoxy) is 4. The molecule has 0 atom stereocenters. The number of hydrazone groups is 1. The summed E-state index contributed by atoms with van der Waals surface area (Å²) in [4.78, 5) is 43.5. The molecule has 2 amide bonds. The summed E-state index contributed by atoms with van der Waals surface area (Å²) in [7, 11) is -1.07. The van der Waals surface area contributed by atoms with Gasteiger partial charge >= 0.3 is 18.0 Å². The van der Waals surface area contributed by atoms with Crippen LogP contribution in [0.2, 0.25) is 0 Å². The van der Waals surface area contributed by atoms with Gasteiger partial charge in [0, 0.05) is 0 Å². The van der Waals surface area contributed by atoms with Crippen LogP contribution in [0.1, 0.15) is 23.7 Å². The minimum absolute atomic E-state index is 0.0256. The summed E-state index contributed by atoms with van der Waals surface area (Å²) in [5.41, 5.74) is 1.22. The second-order valence-corrected chi connectivity index (χ2v) is 8.51. The third-order valence-electron chi connectivity index (χ3n) is 4.26. The minimum atomic E-state index is -4.72. The third-order valence-corrected chi connectivity index (χ3v) is 5.63. The molecule has 1 heterocycles. The molecule has 202 valence electrons. The number of methoxy groups -OCH3 is 3. The van der Waals surface area contributed by atoms with Gasteiger partial charge in [-0.05, 0) is 24.6 Å². The Hall–Kier alpha value is -4.98. The molecule has 2 aromatic rings. The molecule has 0 aliphatic heterocycles. The highest BCUT2D eigenvalue weighted by Crippen LogP contribution is 2.22. The molecule has 0 aliphatic rings. The molecule has 0 radical (unpaired) electrons. The standard InChI is InChI=1S/C21H23N7O9S/c1-5-8-37-19(30)14(11-22)27-26-12-6-7-13(18(29)36-4)15(9-12)38(32,33)28-21(31)25-20-23-16(34-2)10-17(24-20)35-3/h6-7,9-10,26H,5,8H2,1-4H3,(H2,23,24,25,28,31)/b27-14+. The van der Waals surface area contributed by atoms with E-state index in [1.165, 1.54) is 26.4 Å². The Balaban J connectivity index is 2.36. The predicted octanol–water partition coefficient (Wildman–Crippen LogP) is 1.04. The molecule has 0 unspecified atom stereocenters. The molecule has 0 saturated carbocycles. The summed E-state index contributed by atoms with van der Waals surface area (Å²) < 4.78 is 47.2. The molecule has 0 spiro atoms. The number of carbonyl (C=O) groups excluding carboxylic acids is 3. The molecule has 0 saturated heterocycles. The van der Waals surface area contributed by atoms with Crippen molar-refractivity contribution in [2.24, 2.45) is 5.10 Å². The Kier molecular flexibility index (Phi) is 10.3. The first-order valence-corrected chi connectivity index (χ1v) is 12.0. The molecule has 2 rings (SSSR count). The smallest absolute Gasteiger partial charge is 0.369 e.